The van der Waals surface area contributed by atoms with Crippen molar-refractivity contribution < 1.29 is 14.3 Å². The minimum Gasteiger partial charge on any atom is -0.379 e. The third kappa shape index (κ3) is 4.49. The zero-order valence-electron chi connectivity index (χ0n) is 21.2. The number of aryl methyl sites for hydroxylation is 1. The number of likely N-dealkylation sites (tertiary alicyclic amines) is 2. The van der Waals surface area contributed by atoms with Gasteiger partial charge in [-0.1, -0.05) is 5.21 Å². The highest BCUT2D eigenvalue weighted by Gasteiger charge is 2.45. The highest BCUT2D eigenvalue weighted by Crippen LogP contribution is 2.43. The fraction of sp³-hybridized carbons (Fsp3) is 0.667. The third-order valence-electron chi connectivity index (χ3n) is 9.00. The molecule has 5 aliphatic rings. The first-order chi connectivity index (χ1) is 18.1. The Bertz CT molecular complexity index is 1170. The second-order valence-corrected chi connectivity index (χ2v) is 11.6. The molecule has 0 radical (unpaired) electrons. The highest BCUT2D eigenvalue weighted by atomic mass is 16.5. The normalized spacial score (nSPS) is 29.2. The van der Waals surface area contributed by atoms with Gasteiger partial charge in [-0.05, 0) is 56.1 Å². The minimum atomic E-state index is -0.00613. The highest BCUT2D eigenvalue weighted by molar-refractivity contribution is 5.94. The van der Waals surface area contributed by atoms with Crippen LogP contribution in [0.4, 0.5) is 5.82 Å². The predicted molar refractivity (Wildman–Crippen MR) is 135 cm³/mol. The molecule has 2 aromatic heterocycles. The number of aromatic nitrogens is 4. The summed E-state index contributed by atoms with van der Waals surface area (Å²) in [5, 5.41) is 14.6. The molecule has 2 aromatic rings. The van der Waals surface area contributed by atoms with E-state index < -0.39 is 0 Å². The first kappa shape index (κ1) is 23.1. The number of carbonyl (C=O) groups excluding carboxylic acids is 2. The van der Waals surface area contributed by atoms with Crippen molar-refractivity contribution in [1.29, 1.82) is 0 Å². The molecular formula is C27H35N7O3. The molecule has 10 heteroatoms. The van der Waals surface area contributed by atoms with Crippen molar-refractivity contribution in [2.45, 2.75) is 56.9 Å². The molecule has 7 rings (SSSR count). The monoisotopic (exact) mass is 505 g/mol. The van der Waals surface area contributed by atoms with Gasteiger partial charge in [0, 0.05) is 63.2 Å². The number of hydrogen-bond acceptors (Lipinski definition) is 7. The van der Waals surface area contributed by atoms with Crippen LogP contribution < -0.4 is 5.32 Å². The minimum absolute atomic E-state index is 0.00613. The van der Waals surface area contributed by atoms with Gasteiger partial charge in [0.15, 0.2) is 0 Å². The number of fused-ring (bicyclic) bond motifs is 2. The summed E-state index contributed by atoms with van der Waals surface area (Å²) in [6.07, 6.45) is 8.57. The zero-order chi connectivity index (χ0) is 24.9. The number of carbonyl (C=O) groups is 2. The van der Waals surface area contributed by atoms with Gasteiger partial charge in [0.1, 0.15) is 5.82 Å². The van der Waals surface area contributed by atoms with Gasteiger partial charge in [0.2, 0.25) is 5.91 Å². The molecule has 1 unspecified atom stereocenters. The van der Waals surface area contributed by atoms with Crippen molar-refractivity contribution in [3.05, 3.63) is 34.8 Å². The van der Waals surface area contributed by atoms with Crippen molar-refractivity contribution in [1.82, 2.24) is 30.2 Å². The van der Waals surface area contributed by atoms with Crippen LogP contribution in [0.1, 0.15) is 65.3 Å². The van der Waals surface area contributed by atoms with Gasteiger partial charge in [-0.15, -0.1) is 5.10 Å². The molecule has 3 saturated heterocycles. The number of nitrogens with one attached hydrogen (secondary N) is 2. The van der Waals surface area contributed by atoms with E-state index in [2.05, 4.69) is 26.8 Å². The van der Waals surface area contributed by atoms with E-state index in [1.807, 2.05) is 9.80 Å². The van der Waals surface area contributed by atoms with Crippen LogP contribution in [-0.4, -0.2) is 87.4 Å². The molecule has 10 nitrogen and oxygen atoms in total. The first-order valence-corrected chi connectivity index (χ1v) is 13.9. The summed E-state index contributed by atoms with van der Waals surface area (Å²) >= 11 is 0. The molecule has 37 heavy (non-hydrogen) atoms. The lowest BCUT2D eigenvalue weighted by molar-refractivity contribution is -0.135. The fourth-order valence-electron chi connectivity index (χ4n) is 6.75. The Morgan fingerprint density at radius 2 is 1.86 bits per heavy atom. The standard InChI is InChI=1S/C27H35N7O3/c35-26(17-5-6-23-24(9-17)31-32-30-23)33-11-19-13-34(14-20(19)12-33)27(36)18-8-22(16-3-4-16)25(28-10-18)29-21-2-1-7-37-15-21/h8,10,16-17,19-21H,1-7,9,11-15H2,(H,28,29)(H,30,31,32)/t17-,19+,20+,21?/m1/s1. The van der Waals surface area contributed by atoms with E-state index in [1.165, 1.54) is 5.56 Å². The molecule has 4 atom stereocenters. The van der Waals surface area contributed by atoms with Gasteiger partial charge >= 0.3 is 0 Å². The molecule has 2 N–H and O–H groups in total. The lowest BCUT2D eigenvalue weighted by atomic mass is 9.89. The maximum atomic E-state index is 13.5. The van der Waals surface area contributed by atoms with Crippen LogP contribution in [0, 0.1) is 17.8 Å². The van der Waals surface area contributed by atoms with E-state index in [0.29, 0.717) is 49.4 Å². The average molecular weight is 506 g/mol. The summed E-state index contributed by atoms with van der Waals surface area (Å²) in [6.45, 7) is 4.46. The van der Waals surface area contributed by atoms with E-state index in [1.54, 1.807) is 6.20 Å². The second kappa shape index (κ2) is 9.38. The predicted octanol–water partition coefficient (Wildman–Crippen LogP) is 2.00. The van der Waals surface area contributed by atoms with Crippen molar-refractivity contribution in [2.75, 3.05) is 44.7 Å². The van der Waals surface area contributed by atoms with Crippen LogP contribution in [-0.2, 0) is 22.4 Å². The Balaban J connectivity index is 0.981. The Labute approximate surface area is 216 Å². The van der Waals surface area contributed by atoms with Crippen LogP contribution in [0.5, 0.6) is 0 Å². The molecule has 1 saturated carbocycles. The SMILES string of the molecule is O=C(c1cnc(NC2CCCOC2)c(C2CC2)c1)N1C[C@@H]2CN(C(=O)[C@@H]3CCc4[nH]nnc4C3)C[C@H]2C1. The molecule has 5 heterocycles. The first-order valence-electron chi connectivity index (χ1n) is 13.9. The smallest absolute Gasteiger partial charge is 0.255 e. The number of ether oxygens (including phenoxy) is 1. The van der Waals surface area contributed by atoms with Crippen molar-refractivity contribution in [3.8, 4) is 0 Å². The van der Waals surface area contributed by atoms with E-state index in [4.69, 9.17) is 9.72 Å². The number of hydrogen-bond donors (Lipinski definition) is 2. The Kier molecular flexibility index (Phi) is 5.86. The number of amides is 2. The molecule has 0 spiro atoms. The lowest BCUT2D eigenvalue weighted by Gasteiger charge is -2.27. The lowest BCUT2D eigenvalue weighted by Crippen LogP contribution is -2.40. The molecule has 0 bridgehead atoms. The van der Waals surface area contributed by atoms with Crippen LogP contribution >= 0.6 is 0 Å². The average Bonchev–Trinajstić information content (AvgIpc) is 3.33. The quantitative estimate of drug-likeness (QED) is 0.639. The largest absolute Gasteiger partial charge is 0.379 e. The summed E-state index contributed by atoms with van der Waals surface area (Å²) < 4.78 is 5.62. The van der Waals surface area contributed by atoms with E-state index in [-0.39, 0.29) is 23.8 Å². The summed E-state index contributed by atoms with van der Waals surface area (Å²) in [6, 6.07) is 2.36. The van der Waals surface area contributed by atoms with Crippen LogP contribution in [0.3, 0.4) is 0 Å². The summed E-state index contributed by atoms with van der Waals surface area (Å²) in [5.41, 5.74) is 3.87. The molecule has 0 aromatic carbocycles. The van der Waals surface area contributed by atoms with Crippen molar-refractivity contribution in [2.24, 2.45) is 17.8 Å². The summed E-state index contributed by atoms with van der Waals surface area (Å²) in [4.78, 5) is 35.5. The maximum Gasteiger partial charge on any atom is 0.255 e. The molecule has 2 aliphatic carbocycles. The number of rotatable bonds is 5. The van der Waals surface area contributed by atoms with Gasteiger partial charge in [0.25, 0.3) is 5.91 Å². The molecule has 4 fully saturated rings. The third-order valence-corrected chi connectivity index (χ3v) is 9.00. The van der Waals surface area contributed by atoms with Crippen LogP contribution in [0.25, 0.3) is 0 Å². The van der Waals surface area contributed by atoms with Crippen LogP contribution in [0.2, 0.25) is 0 Å². The Morgan fingerprint density at radius 3 is 2.62 bits per heavy atom. The second-order valence-electron chi connectivity index (χ2n) is 11.6. The van der Waals surface area contributed by atoms with E-state index >= 15 is 0 Å². The zero-order valence-corrected chi connectivity index (χ0v) is 21.2. The van der Waals surface area contributed by atoms with Gasteiger partial charge in [-0.3, -0.25) is 14.7 Å². The molecule has 196 valence electrons. The van der Waals surface area contributed by atoms with Crippen molar-refractivity contribution in [3.63, 3.8) is 0 Å². The Morgan fingerprint density at radius 1 is 1.05 bits per heavy atom. The molecular weight excluding hydrogens is 470 g/mol. The topological polar surface area (TPSA) is 116 Å². The van der Waals surface area contributed by atoms with Gasteiger partial charge < -0.3 is 19.9 Å². The summed E-state index contributed by atoms with van der Waals surface area (Å²) in [5.74, 6) is 2.42. The number of nitrogens with zero attached hydrogens (tertiary/aromatic N) is 5. The maximum absolute atomic E-state index is 13.5. The molecule has 2 amide bonds. The Hall–Kier alpha value is -3.01. The number of H-pyrrole nitrogens is 1. The van der Waals surface area contributed by atoms with Gasteiger partial charge in [-0.25, -0.2) is 4.98 Å². The number of pyridine rings is 1. The van der Waals surface area contributed by atoms with Crippen LogP contribution in [0.15, 0.2) is 12.3 Å². The van der Waals surface area contributed by atoms with Crippen molar-refractivity contribution >= 4 is 17.6 Å². The number of aromatic amines is 1. The summed E-state index contributed by atoms with van der Waals surface area (Å²) in [7, 11) is 0. The van der Waals surface area contributed by atoms with Gasteiger partial charge in [-0.2, -0.15) is 0 Å². The van der Waals surface area contributed by atoms with E-state index in [0.717, 1.165) is 75.4 Å². The fourth-order valence-corrected chi connectivity index (χ4v) is 6.75. The molecule has 3 aliphatic heterocycles. The number of anilines is 1. The van der Waals surface area contributed by atoms with Gasteiger partial charge in [0.05, 0.1) is 29.6 Å². The van der Waals surface area contributed by atoms with E-state index in [9.17, 15) is 9.59 Å².